The quantitative estimate of drug-likeness (QED) is 0.511. The number of benzene rings is 1. The number of amides is 1. The minimum Gasteiger partial charge on any atom is -0.445 e. The highest BCUT2D eigenvalue weighted by Crippen LogP contribution is 2.32. The van der Waals surface area contributed by atoms with Crippen LogP contribution in [0.5, 0.6) is 0 Å². The Morgan fingerprint density at radius 2 is 2.00 bits per heavy atom. The van der Waals surface area contributed by atoms with Gasteiger partial charge in [0.05, 0.1) is 4.92 Å². The molecule has 2 aliphatic heterocycles. The molecule has 0 saturated carbocycles. The average Bonchev–Trinajstić information content (AvgIpc) is 2.91. The lowest BCUT2D eigenvalue weighted by Crippen LogP contribution is -2.54. The molecular formula is C16H21N3O4S. The lowest BCUT2D eigenvalue weighted by molar-refractivity contribution is -0.384. The number of ether oxygens (including phenoxy) is 1. The second kappa shape index (κ2) is 6.98. The lowest BCUT2D eigenvalue weighted by Gasteiger charge is -2.42. The Labute approximate surface area is 146 Å². The fraction of sp³-hybridized carbons (Fsp3) is 0.562. The SMILES string of the molecule is CN1CC([C@@H]2C[C@H](S)CN2C(=O)OCc2ccc([N+](=O)[O-])cc2)C1. The van der Waals surface area contributed by atoms with E-state index in [0.29, 0.717) is 12.5 Å². The molecule has 2 heterocycles. The van der Waals surface area contributed by atoms with Crippen LogP contribution in [0.25, 0.3) is 0 Å². The number of likely N-dealkylation sites (tertiary alicyclic amines) is 2. The summed E-state index contributed by atoms with van der Waals surface area (Å²) in [7, 11) is 2.07. The summed E-state index contributed by atoms with van der Waals surface area (Å²) < 4.78 is 5.41. The molecular weight excluding hydrogens is 330 g/mol. The van der Waals surface area contributed by atoms with Gasteiger partial charge in [-0.05, 0) is 31.2 Å². The number of hydrogen-bond acceptors (Lipinski definition) is 6. The van der Waals surface area contributed by atoms with E-state index in [2.05, 4.69) is 24.6 Å². The van der Waals surface area contributed by atoms with Crippen molar-refractivity contribution < 1.29 is 14.5 Å². The molecule has 0 unspecified atom stereocenters. The van der Waals surface area contributed by atoms with Crippen molar-refractivity contribution in [3.05, 3.63) is 39.9 Å². The lowest BCUT2D eigenvalue weighted by atomic mass is 9.90. The van der Waals surface area contributed by atoms with E-state index in [1.807, 2.05) is 0 Å². The molecule has 2 saturated heterocycles. The monoisotopic (exact) mass is 351 g/mol. The van der Waals surface area contributed by atoms with Crippen molar-refractivity contribution in [1.82, 2.24) is 9.80 Å². The number of non-ortho nitro benzene ring substituents is 1. The van der Waals surface area contributed by atoms with Crippen molar-refractivity contribution >= 4 is 24.4 Å². The third-order valence-electron chi connectivity index (χ3n) is 4.70. The summed E-state index contributed by atoms with van der Waals surface area (Å²) >= 11 is 4.53. The van der Waals surface area contributed by atoms with E-state index in [-0.39, 0.29) is 29.7 Å². The van der Waals surface area contributed by atoms with Crippen LogP contribution >= 0.6 is 12.6 Å². The molecule has 3 rings (SSSR count). The average molecular weight is 351 g/mol. The third-order valence-corrected chi connectivity index (χ3v) is 5.08. The van der Waals surface area contributed by atoms with Crippen LogP contribution in [-0.2, 0) is 11.3 Å². The van der Waals surface area contributed by atoms with Gasteiger partial charge in [0.2, 0.25) is 0 Å². The van der Waals surface area contributed by atoms with Crippen molar-refractivity contribution in [2.75, 3.05) is 26.7 Å². The summed E-state index contributed by atoms with van der Waals surface area (Å²) in [6.07, 6.45) is 0.568. The normalized spacial score (nSPS) is 24.7. The number of thiol groups is 1. The number of nitrogens with zero attached hydrogens (tertiary/aromatic N) is 3. The van der Waals surface area contributed by atoms with Gasteiger partial charge in [0.25, 0.3) is 5.69 Å². The summed E-state index contributed by atoms with van der Waals surface area (Å²) in [6, 6.07) is 6.23. The van der Waals surface area contributed by atoms with Gasteiger partial charge in [-0.1, -0.05) is 0 Å². The third kappa shape index (κ3) is 3.64. The molecule has 2 fully saturated rings. The van der Waals surface area contributed by atoms with Gasteiger partial charge < -0.3 is 14.5 Å². The molecule has 0 radical (unpaired) electrons. The van der Waals surface area contributed by atoms with Gasteiger partial charge in [0, 0.05) is 49.0 Å². The highest BCUT2D eigenvalue weighted by Gasteiger charge is 2.42. The topological polar surface area (TPSA) is 75.9 Å². The second-order valence-corrected chi connectivity index (χ2v) is 7.30. The van der Waals surface area contributed by atoms with E-state index in [4.69, 9.17) is 4.74 Å². The van der Waals surface area contributed by atoms with Gasteiger partial charge >= 0.3 is 6.09 Å². The van der Waals surface area contributed by atoms with Crippen LogP contribution in [-0.4, -0.2) is 58.8 Å². The maximum absolute atomic E-state index is 12.4. The first-order valence-electron chi connectivity index (χ1n) is 7.97. The molecule has 0 spiro atoms. The number of rotatable bonds is 4. The van der Waals surface area contributed by atoms with E-state index in [1.165, 1.54) is 12.1 Å². The first-order chi connectivity index (χ1) is 11.4. The molecule has 130 valence electrons. The maximum atomic E-state index is 12.4. The molecule has 0 aromatic heterocycles. The molecule has 2 aliphatic rings. The Morgan fingerprint density at radius 3 is 2.58 bits per heavy atom. The van der Waals surface area contributed by atoms with Crippen LogP contribution in [0.15, 0.2) is 24.3 Å². The van der Waals surface area contributed by atoms with Crippen LogP contribution < -0.4 is 0 Å². The molecule has 0 bridgehead atoms. The zero-order valence-electron chi connectivity index (χ0n) is 13.5. The zero-order chi connectivity index (χ0) is 17.3. The predicted octanol–water partition coefficient (Wildman–Crippen LogP) is 2.17. The minimum absolute atomic E-state index is 0.0247. The highest BCUT2D eigenvalue weighted by atomic mass is 32.1. The van der Waals surface area contributed by atoms with Crippen molar-refractivity contribution in [2.45, 2.75) is 24.3 Å². The highest BCUT2D eigenvalue weighted by molar-refractivity contribution is 7.81. The fourth-order valence-corrected chi connectivity index (χ4v) is 3.82. The van der Waals surface area contributed by atoms with E-state index in [0.717, 1.165) is 25.1 Å². The van der Waals surface area contributed by atoms with E-state index < -0.39 is 4.92 Å². The standard InChI is InChI=1S/C16H21N3O4S/c1-17-7-12(8-17)15-6-14(24)9-18(15)16(20)23-10-11-2-4-13(5-3-11)19(21)22/h2-5,12,14-15,24H,6-10H2,1H3/t14-,15-/m0/s1. The van der Waals surface area contributed by atoms with E-state index >= 15 is 0 Å². The van der Waals surface area contributed by atoms with Crippen LogP contribution in [0, 0.1) is 16.0 Å². The molecule has 7 nitrogen and oxygen atoms in total. The molecule has 1 amide bonds. The molecule has 24 heavy (non-hydrogen) atoms. The van der Waals surface area contributed by atoms with E-state index in [9.17, 15) is 14.9 Å². The van der Waals surface area contributed by atoms with Gasteiger partial charge in [-0.3, -0.25) is 10.1 Å². The first kappa shape index (κ1) is 17.0. The molecule has 0 aliphatic carbocycles. The number of carbonyl (C=O) groups is 1. The van der Waals surface area contributed by atoms with Gasteiger partial charge in [0.1, 0.15) is 6.61 Å². The molecule has 1 aromatic rings. The van der Waals surface area contributed by atoms with Crippen molar-refractivity contribution in [2.24, 2.45) is 5.92 Å². The van der Waals surface area contributed by atoms with Crippen molar-refractivity contribution in [3.8, 4) is 0 Å². The largest absolute Gasteiger partial charge is 0.445 e. The Bertz CT molecular complexity index is 618. The Hall–Kier alpha value is -1.80. The van der Waals surface area contributed by atoms with Gasteiger partial charge in [0.15, 0.2) is 0 Å². The number of carbonyl (C=O) groups excluding carboxylic acids is 1. The second-order valence-electron chi connectivity index (χ2n) is 6.57. The van der Waals surface area contributed by atoms with Gasteiger partial charge in [-0.25, -0.2) is 4.79 Å². The Morgan fingerprint density at radius 1 is 1.33 bits per heavy atom. The van der Waals surface area contributed by atoms with Gasteiger partial charge in [-0.15, -0.1) is 0 Å². The predicted molar refractivity (Wildman–Crippen MR) is 92.2 cm³/mol. The van der Waals surface area contributed by atoms with Crippen LogP contribution in [0.1, 0.15) is 12.0 Å². The number of hydrogen-bond donors (Lipinski definition) is 1. The maximum Gasteiger partial charge on any atom is 0.410 e. The summed E-state index contributed by atoms with van der Waals surface area (Å²) in [6.45, 7) is 2.71. The Kier molecular flexibility index (Phi) is 4.96. The summed E-state index contributed by atoms with van der Waals surface area (Å²) in [4.78, 5) is 26.6. The molecule has 1 aromatic carbocycles. The van der Waals surface area contributed by atoms with E-state index in [1.54, 1.807) is 17.0 Å². The summed E-state index contributed by atoms with van der Waals surface area (Å²) in [5, 5.41) is 10.8. The summed E-state index contributed by atoms with van der Waals surface area (Å²) in [5.41, 5.74) is 0.757. The van der Waals surface area contributed by atoms with Crippen LogP contribution in [0.4, 0.5) is 10.5 Å². The van der Waals surface area contributed by atoms with Gasteiger partial charge in [-0.2, -0.15) is 12.6 Å². The smallest absolute Gasteiger partial charge is 0.410 e. The van der Waals surface area contributed by atoms with Crippen molar-refractivity contribution in [1.29, 1.82) is 0 Å². The molecule has 2 atom stereocenters. The Balaban J connectivity index is 1.56. The van der Waals surface area contributed by atoms with Crippen LogP contribution in [0.2, 0.25) is 0 Å². The zero-order valence-corrected chi connectivity index (χ0v) is 14.4. The number of nitro benzene ring substituents is 1. The molecule has 0 N–H and O–H groups in total. The summed E-state index contributed by atoms with van der Waals surface area (Å²) in [5.74, 6) is 0.485. The van der Waals surface area contributed by atoms with Crippen molar-refractivity contribution in [3.63, 3.8) is 0 Å². The first-order valence-corrected chi connectivity index (χ1v) is 8.49. The minimum atomic E-state index is -0.451. The fourth-order valence-electron chi connectivity index (χ4n) is 3.43. The van der Waals surface area contributed by atoms with Crippen LogP contribution in [0.3, 0.4) is 0 Å². The number of nitro groups is 1. The molecule has 8 heteroatoms.